The lowest BCUT2D eigenvalue weighted by molar-refractivity contribution is -0.113. The van der Waals surface area contributed by atoms with Crippen molar-refractivity contribution >= 4 is 35.0 Å². The normalized spacial score (nSPS) is 10.9. The van der Waals surface area contributed by atoms with Crippen LogP contribution in [-0.4, -0.2) is 36.3 Å². The number of nitrogen functional groups attached to an aromatic ring is 1. The van der Waals surface area contributed by atoms with Crippen LogP contribution in [-0.2, 0) is 11.8 Å². The van der Waals surface area contributed by atoms with Gasteiger partial charge in [-0.25, -0.2) is 4.68 Å². The summed E-state index contributed by atoms with van der Waals surface area (Å²) < 4.78 is 3.08. The van der Waals surface area contributed by atoms with Gasteiger partial charge in [0.1, 0.15) is 0 Å². The van der Waals surface area contributed by atoms with Gasteiger partial charge in [-0.3, -0.25) is 9.48 Å². The second kappa shape index (κ2) is 7.38. The van der Waals surface area contributed by atoms with Gasteiger partial charge in [-0.2, -0.15) is 5.10 Å². The Morgan fingerprint density at radius 3 is 2.77 bits per heavy atom. The molecule has 1 amide bonds. The number of rotatable bonds is 5. The molecule has 1 aromatic carbocycles. The average Bonchev–Trinajstić information content (AvgIpc) is 3.07. The van der Waals surface area contributed by atoms with E-state index >= 15 is 0 Å². The zero-order chi connectivity index (χ0) is 18.8. The molecule has 0 aliphatic heterocycles. The van der Waals surface area contributed by atoms with Crippen molar-refractivity contribution in [3.63, 3.8) is 0 Å². The Morgan fingerprint density at radius 2 is 2.12 bits per heavy atom. The molecule has 8 nitrogen and oxygen atoms in total. The molecule has 26 heavy (non-hydrogen) atoms. The molecule has 0 saturated heterocycles. The topological polar surface area (TPSA) is 104 Å². The quantitative estimate of drug-likeness (QED) is 0.511. The Bertz CT molecular complexity index is 966. The highest BCUT2D eigenvalue weighted by atomic mass is 35.5. The monoisotopic (exact) mass is 391 g/mol. The molecular weight excluding hydrogens is 374 g/mol. The van der Waals surface area contributed by atoms with Crippen molar-refractivity contribution in [1.82, 2.24) is 24.7 Å². The molecule has 0 aliphatic carbocycles. The van der Waals surface area contributed by atoms with Crippen LogP contribution in [0.3, 0.4) is 0 Å². The van der Waals surface area contributed by atoms with Crippen molar-refractivity contribution in [2.45, 2.75) is 19.0 Å². The number of aryl methyl sites for hydroxylation is 2. The molecule has 0 atom stereocenters. The van der Waals surface area contributed by atoms with E-state index in [1.165, 1.54) is 16.4 Å². The van der Waals surface area contributed by atoms with Crippen LogP contribution in [0.15, 0.2) is 29.4 Å². The Balaban J connectivity index is 1.68. The smallest absolute Gasteiger partial charge is 0.234 e. The molecule has 10 heteroatoms. The number of anilines is 1. The number of carbonyl (C=O) groups excluding carboxylic acids is 1. The van der Waals surface area contributed by atoms with Gasteiger partial charge in [0.2, 0.25) is 11.1 Å². The SMILES string of the molecule is Cc1nn(C)c(C)c1NC(=O)CSc1nnc(-c2cccc(Cl)c2)n1N. The summed E-state index contributed by atoms with van der Waals surface area (Å²) in [5.74, 6) is 6.53. The number of nitrogens with two attached hydrogens (primary N) is 1. The molecule has 136 valence electrons. The third-order valence-corrected chi connectivity index (χ3v) is 5.03. The number of carbonyl (C=O) groups is 1. The Morgan fingerprint density at radius 1 is 1.35 bits per heavy atom. The zero-order valence-corrected chi connectivity index (χ0v) is 16.1. The lowest BCUT2D eigenvalue weighted by atomic mass is 10.2. The number of benzene rings is 1. The maximum Gasteiger partial charge on any atom is 0.234 e. The van der Waals surface area contributed by atoms with Gasteiger partial charge in [-0.05, 0) is 26.0 Å². The van der Waals surface area contributed by atoms with E-state index in [0.29, 0.717) is 16.0 Å². The summed E-state index contributed by atoms with van der Waals surface area (Å²) in [4.78, 5) is 12.2. The van der Waals surface area contributed by atoms with Crippen molar-refractivity contribution in [2.24, 2.45) is 7.05 Å². The number of aromatic nitrogens is 5. The van der Waals surface area contributed by atoms with E-state index in [9.17, 15) is 4.79 Å². The van der Waals surface area contributed by atoms with Crippen molar-refractivity contribution in [2.75, 3.05) is 16.9 Å². The maximum atomic E-state index is 12.2. The molecule has 2 aromatic heterocycles. The number of amides is 1. The van der Waals surface area contributed by atoms with Gasteiger partial charge in [0.05, 0.1) is 22.8 Å². The first-order valence-corrected chi connectivity index (χ1v) is 9.12. The Hall–Kier alpha value is -2.52. The van der Waals surface area contributed by atoms with E-state index in [-0.39, 0.29) is 11.7 Å². The van der Waals surface area contributed by atoms with E-state index in [4.69, 9.17) is 17.4 Å². The average molecular weight is 392 g/mol. The first-order valence-electron chi connectivity index (χ1n) is 7.76. The molecule has 3 N–H and O–H groups in total. The fourth-order valence-electron chi connectivity index (χ4n) is 2.46. The lowest BCUT2D eigenvalue weighted by Gasteiger charge is -2.06. The Kier molecular flexibility index (Phi) is 5.19. The number of thioether (sulfide) groups is 1. The number of nitrogens with one attached hydrogen (secondary N) is 1. The second-order valence-corrected chi connectivity index (χ2v) is 7.07. The molecule has 0 aliphatic rings. The van der Waals surface area contributed by atoms with Gasteiger partial charge in [0.25, 0.3) is 0 Å². The van der Waals surface area contributed by atoms with E-state index < -0.39 is 0 Å². The summed E-state index contributed by atoms with van der Waals surface area (Å²) in [6, 6.07) is 7.17. The third kappa shape index (κ3) is 3.68. The van der Waals surface area contributed by atoms with Crippen LogP contribution < -0.4 is 11.2 Å². The number of nitrogens with zero attached hydrogens (tertiary/aromatic N) is 5. The molecule has 0 bridgehead atoms. The molecule has 3 aromatic rings. The van der Waals surface area contributed by atoms with Crippen LogP contribution in [0.1, 0.15) is 11.4 Å². The minimum atomic E-state index is -0.165. The lowest BCUT2D eigenvalue weighted by Crippen LogP contribution is -2.17. The molecule has 0 spiro atoms. The van der Waals surface area contributed by atoms with Crippen LogP contribution in [0.5, 0.6) is 0 Å². The van der Waals surface area contributed by atoms with E-state index in [1.807, 2.05) is 33.0 Å². The van der Waals surface area contributed by atoms with E-state index in [1.54, 1.807) is 16.8 Å². The summed E-state index contributed by atoms with van der Waals surface area (Å²) in [5.41, 5.74) is 3.15. The summed E-state index contributed by atoms with van der Waals surface area (Å²) in [7, 11) is 1.83. The number of hydrogen-bond acceptors (Lipinski definition) is 6. The number of hydrogen-bond donors (Lipinski definition) is 2. The molecular formula is C16H18ClN7OS. The Labute approximate surface area is 159 Å². The van der Waals surface area contributed by atoms with Crippen LogP contribution in [0.4, 0.5) is 5.69 Å². The van der Waals surface area contributed by atoms with Gasteiger partial charge < -0.3 is 11.2 Å². The fraction of sp³-hybridized carbons (Fsp3) is 0.250. The van der Waals surface area contributed by atoms with Gasteiger partial charge >= 0.3 is 0 Å². The van der Waals surface area contributed by atoms with Crippen LogP contribution in [0, 0.1) is 13.8 Å². The van der Waals surface area contributed by atoms with Gasteiger partial charge in [0, 0.05) is 17.6 Å². The molecule has 0 radical (unpaired) electrons. The second-order valence-electron chi connectivity index (χ2n) is 5.69. The highest BCUT2D eigenvalue weighted by Gasteiger charge is 2.16. The highest BCUT2D eigenvalue weighted by molar-refractivity contribution is 7.99. The predicted molar refractivity (Wildman–Crippen MR) is 103 cm³/mol. The summed E-state index contributed by atoms with van der Waals surface area (Å²) in [6.07, 6.45) is 0. The molecule has 3 rings (SSSR count). The largest absolute Gasteiger partial charge is 0.335 e. The van der Waals surface area contributed by atoms with Gasteiger partial charge in [-0.15, -0.1) is 10.2 Å². The van der Waals surface area contributed by atoms with Gasteiger partial charge in [0.15, 0.2) is 5.82 Å². The minimum absolute atomic E-state index is 0.151. The van der Waals surface area contributed by atoms with Crippen molar-refractivity contribution in [3.8, 4) is 11.4 Å². The van der Waals surface area contributed by atoms with Crippen molar-refractivity contribution in [1.29, 1.82) is 0 Å². The first-order chi connectivity index (χ1) is 12.4. The predicted octanol–water partition coefficient (Wildman–Crippen LogP) is 2.39. The van der Waals surface area contributed by atoms with Crippen molar-refractivity contribution < 1.29 is 4.79 Å². The standard InChI is InChI=1S/C16H18ClN7OS/c1-9-14(10(2)23(3)22-9)19-13(25)8-26-16-21-20-15(24(16)18)11-5-4-6-12(17)7-11/h4-7H,8,18H2,1-3H3,(H,19,25). The summed E-state index contributed by atoms with van der Waals surface area (Å²) >= 11 is 7.20. The molecule has 0 saturated carbocycles. The van der Waals surface area contributed by atoms with Gasteiger partial charge in [-0.1, -0.05) is 35.5 Å². The van der Waals surface area contributed by atoms with E-state index in [2.05, 4.69) is 20.6 Å². The summed E-state index contributed by atoms with van der Waals surface area (Å²) in [6.45, 7) is 3.75. The van der Waals surface area contributed by atoms with Crippen LogP contribution in [0.2, 0.25) is 5.02 Å². The molecule has 2 heterocycles. The number of halogens is 1. The molecule has 0 unspecified atom stereocenters. The molecule has 0 fully saturated rings. The van der Waals surface area contributed by atoms with Crippen LogP contribution >= 0.6 is 23.4 Å². The first kappa shape index (κ1) is 18.3. The highest BCUT2D eigenvalue weighted by Crippen LogP contribution is 2.24. The maximum absolute atomic E-state index is 12.2. The minimum Gasteiger partial charge on any atom is -0.335 e. The van der Waals surface area contributed by atoms with Crippen molar-refractivity contribution in [3.05, 3.63) is 40.7 Å². The van der Waals surface area contributed by atoms with E-state index in [0.717, 1.165) is 22.6 Å². The summed E-state index contributed by atoms with van der Waals surface area (Å²) in [5, 5.41) is 16.3. The zero-order valence-electron chi connectivity index (χ0n) is 14.5. The fourth-order valence-corrected chi connectivity index (χ4v) is 3.31. The third-order valence-electron chi connectivity index (χ3n) is 3.85. The van der Waals surface area contributed by atoms with Crippen LogP contribution in [0.25, 0.3) is 11.4 Å².